The van der Waals surface area contributed by atoms with E-state index in [1.807, 2.05) is 0 Å². The van der Waals surface area contributed by atoms with Crippen molar-refractivity contribution in [2.24, 2.45) is 0 Å². The Balaban J connectivity index is 1.86. The molecule has 0 saturated heterocycles. The molecule has 1 N–H and O–H groups in total. The van der Waals surface area contributed by atoms with Crippen molar-refractivity contribution in [1.82, 2.24) is 9.78 Å². The quantitative estimate of drug-likeness (QED) is 0.760. The normalized spacial score (nSPS) is 11.6. The number of nitrogens with zero attached hydrogens (tertiary/aromatic N) is 2. The number of alkyl halides is 3. The summed E-state index contributed by atoms with van der Waals surface area (Å²) < 4.78 is 40.0. The van der Waals surface area contributed by atoms with Crippen molar-refractivity contribution in [2.45, 2.75) is 26.6 Å². The van der Waals surface area contributed by atoms with Crippen LogP contribution in [-0.2, 0) is 17.5 Å². The molecule has 0 bridgehead atoms. The summed E-state index contributed by atoms with van der Waals surface area (Å²) in [7, 11) is 0. The van der Waals surface area contributed by atoms with Crippen LogP contribution in [0.2, 0.25) is 0 Å². The molecule has 3 rings (SSSR count). The van der Waals surface area contributed by atoms with Gasteiger partial charge in [-0.25, -0.2) is 4.68 Å². The smallest absolute Gasteiger partial charge is 0.324 e. The van der Waals surface area contributed by atoms with Crippen LogP contribution in [0.1, 0.15) is 16.8 Å². The Morgan fingerprint density at radius 2 is 1.78 bits per heavy atom. The molecule has 1 amide bonds. The third-order valence-corrected chi connectivity index (χ3v) is 4.17. The van der Waals surface area contributed by atoms with Crippen LogP contribution in [0.4, 0.5) is 18.9 Å². The molecule has 0 spiro atoms. The summed E-state index contributed by atoms with van der Waals surface area (Å²) in [4.78, 5) is 24.7. The number of nitrogens with one attached hydrogen (secondary N) is 1. The molecule has 8 heteroatoms. The third-order valence-electron chi connectivity index (χ3n) is 4.17. The van der Waals surface area contributed by atoms with Crippen molar-refractivity contribution in [3.05, 3.63) is 69.6 Å². The number of anilines is 1. The van der Waals surface area contributed by atoms with E-state index in [0.717, 1.165) is 10.7 Å². The Morgan fingerprint density at radius 3 is 2.44 bits per heavy atom. The van der Waals surface area contributed by atoms with Gasteiger partial charge in [-0.3, -0.25) is 9.59 Å². The van der Waals surface area contributed by atoms with Crippen LogP contribution in [0.25, 0.3) is 10.8 Å². The van der Waals surface area contributed by atoms with Gasteiger partial charge < -0.3 is 5.32 Å². The highest BCUT2D eigenvalue weighted by atomic mass is 19.4. The number of aromatic nitrogens is 2. The fourth-order valence-corrected chi connectivity index (χ4v) is 2.85. The highest BCUT2D eigenvalue weighted by molar-refractivity contribution is 5.91. The largest absolute Gasteiger partial charge is 0.416 e. The number of fused-ring (bicyclic) bond motifs is 1. The number of halogens is 3. The lowest BCUT2D eigenvalue weighted by Crippen LogP contribution is -2.30. The Kier molecular flexibility index (Phi) is 4.73. The molecule has 27 heavy (non-hydrogen) atoms. The zero-order valence-corrected chi connectivity index (χ0v) is 14.6. The zero-order chi connectivity index (χ0) is 19.8. The average molecular weight is 375 g/mol. The van der Waals surface area contributed by atoms with Gasteiger partial charge in [0.15, 0.2) is 0 Å². The molecule has 1 heterocycles. The van der Waals surface area contributed by atoms with Gasteiger partial charge in [0.25, 0.3) is 5.56 Å². The molecular formula is C19H16F3N3O2. The Hall–Kier alpha value is -3.16. The summed E-state index contributed by atoms with van der Waals surface area (Å²) in [6, 6.07) is 10.4. The van der Waals surface area contributed by atoms with Gasteiger partial charge in [0.1, 0.15) is 6.54 Å². The molecule has 0 fully saturated rings. The number of carbonyl (C=O) groups excluding carboxylic acids is 1. The van der Waals surface area contributed by atoms with Crippen LogP contribution in [-0.4, -0.2) is 15.7 Å². The second kappa shape index (κ2) is 6.86. The number of hydrogen-bond acceptors (Lipinski definition) is 3. The van der Waals surface area contributed by atoms with E-state index in [0.29, 0.717) is 16.5 Å². The number of hydrogen-bond donors (Lipinski definition) is 1. The highest BCUT2D eigenvalue weighted by Crippen LogP contribution is 2.33. The van der Waals surface area contributed by atoms with Crippen LogP contribution >= 0.6 is 0 Å². The number of rotatable bonds is 3. The Bertz CT molecular complexity index is 1090. The predicted octanol–water partition coefficient (Wildman–Crippen LogP) is 3.67. The van der Waals surface area contributed by atoms with E-state index in [4.69, 9.17) is 0 Å². The van der Waals surface area contributed by atoms with Crippen molar-refractivity contribution < 1.29 is 18.0 Å². The molecule has 1 aromatic heterocycles. The molecule has 5 nitrogen and oxygen atoms in total. The van der Waals surface area contributed by atoms with E-state index in [-0.39, 0.29) is 11.3 Å². The van der Waals surface area contributed by atoms with Gasteiger partial charge in [-0.1, -0.05) is 24.3 Å². The van der Waals surface area contributed by atoms with Crippen LogP contribution in [0.5, 0.6) is 0 Å². The maximum atomic E-state index is 13.0. The van der Waals surface area contributed by atoms with Gasteiger partial charge in [0.05, 0.1) is 16.6 Å². The van der Waals surface area contributed by atoms with E-state index in [2.05, 4.69) is 10.4 Å². The summed E-state index contributed by atoms with van der Waals surface area (Å²) in [5.74, 6) is -0.642. The summed E-state index contributed by atoms with van der Waals surface area (Å²) >= 11 is 0. The maximum Gasteiger partial charge on any atom is 0.416 e. The van der Waals surface area contributed by atoms with Gasteiger partial charge in [0, 0.05) is 11.1 Å². The molecule has 0 aliphatic heterocycles. The van der Waals surface area contributed by atoms with Crippen LogP contribution in [0, 0.1) is 13.8 Å². The van der Waals surface area contributed by atoms with E-state index in [1.165, 1.54) is 19.1 Å². The van der Waals surface area contributed by atoms with Crippen molar-refractivity contribution in [1.29, 1.82) is 0 Å². The molecular weight excluding hydrogens is 359 g/mol. The molecule has 0 aliphatic rings. The van der Waals surface area contributed by atoms with Gasteiger partial charge in [-0.15, -0.1) is 0 Å². The van der Waals surface area contributed by atoms with Crippen molar-refractivity contribution in [3.63, 3.8) is 0 Å². The van der Waals surface area contributed by atoms with Crippen LogP contribution < -0.4 is 10.9 Å². The van der Waals surface area contributed by atoms with Crippen molar-refractivity contribution in [3.8, 4) is 0 Å². The standard InChI is InChI=1S/C19H16F3N3O2/c1-11-7-8-13(9-16(11)19(20,21)22)23-17(26)10-25-18(27)15-6-4-3-5-14(15)12(2)24-25/h3-9H,10H2,1-2H3,(H,23,26). The average Bonchev–Trinajstić information content (AvgIpc) is 2.60. The topological polar surface area (TPSA) is 64.0 Å². The van der Waals surface area contributed by atoms with Crippen molar-refractivity contribution >= 4 is 22.4 Å². The van der Waals surface area contributed by atoms with E-state index >= 15 is 0 Å². The minimum atomic E-state index is -4.52. The second-order valence-electron chi connectivity index (χ2n) is 6.17. The lowest BCUT2D eigenvalue weighted by atomic mass is 10.1. The SMILES string of the molecule is Cc1ccc(NC(=O)Cn2nc(C)c3ccccc3c2=O)cc1C(F)(F)F. The maximum absolute atomic E-state index is 13.0. The molecule has 2 aromatic carbocycles. The summed E-state index contributed by atoms with van der Waals surface area (Å²) in [6.45, 7) is 2.65. The molecule has 0 aliphatic carbocycles. The molecule has 3 aromatic rings. The lowest BCUT2D eigenvalue weighted by molar-refractivity contribution is -0.138. The lowest BCUT2D eigenvalue weighted by Gasteiger charge is -2.13. The van der Waals surface area contributed by atoms with Crippen LogP contribution in [0.3, 0.4) is 0 Å². The molecule has 0 radical (unpaired) electrons. The number of carbonyl (C=O) groups is 1. The molecule has 0 atom stereocenters. The first-order valence-electron chi connectivity index (χ1n) is 8.11. The molecule has 0 saturated carbocycles. The van der Waals surface area contributed by atoms with E-state index < -0.39 is 29.8 Å². The monoisotopic (exact) mass is 375 g/mol. The minimum Gasteiger partial charge on any atom is -0.324 e. The third kappa shape index (κ3) is 3.84. The fraction of sp³-hybridized carbons (Fsp3) is 0.211. The number of benzene rings is 2. The van der Waals surface area contributed by atoms with E-state index in [9.17, 15) is 22.8 Å². The first-order chi connectivity index (χ1) is 12.7. The number of amides is 1. The van der Waals surface area contributed by atoms with Gasteiger partial charge in [0.2, 0.25) is 5.91 Å². The Morgan fingerprint density at radius 1 is 1.11 bits per heavy atom. The first kappa shape index (κ1) is 18.6. The van der Waals surface area contributed by atoms with Crippen LogP contribution in [0.15, 0.2) is 47.3 Å². The van der Waals surface area contributed by atoms with Gasteiger partial charge in [-0.2, -0.15) is 18.3 Å². The highest BCUT2D eigenvalue weighted by Gasteiger charge is 2.32. The first-order valence-corrected chi connectivity index (χ1v) is 8.11. The summed E-state index contributed by atoms with van der Waals surface area (Å²) in [6.07, 6.45) is -4.52. The predicted molar refractivity (Wildman–Crippen MR) is 95.6 cm³/mol. The van der Waals surface area contributed by atoms with E-state index in [1.54, 1.807) is 31.2 Å². The van der Waals surface area contributed by atoms with Gasteiger partial charge in [-0.05, 0) is 37.6 Å². The van der Waals surface area contributed by atoms with Gasteiger partial charge >= 0.3 is 6.18 Å². The number of aryl methyl sites for hydroxylation is 2. The molecule has 0 unspecified atom stereocenters. The second-order valence-corrected chi connectivity index (χ2v) is 6.17. The van der Waals surface area contributed by atoms with Crippen molar-refractivity contribution in [2.75, 3.05) is 5.32 Å². The minimum absolute atomic E-state index is 0.00323. The zero-order valence-electron chi connectivity index (χ0n) is 14.6. The summed E-state index contributed by atoms with van der Waals surface area (Å²) in [5.41, 5.74) is -0.622. The summed E-state index contributed by atoms with van der Waals surface area (Å²) in [5, 5.41) is 7.61. The Labute approximate surface area is 152 Å². The molecule has 140 valence electrons. The fourth-order valence-electron chi connectivity index (χ4n) is 2.85.